The summed E-state index contributed by atoms with van der Waals surface area (Å²) in [6.07, 6.45) is 2.54. The van der Waals surface area contributed by atoms with Crippen LogP contribution in [0.2, 0.25) is 0 Å². The van der Waals surface area contributed by atoms with Gasteiger partial charge in [-0.05, 0) is 60.1 Å². The number of carboxylic acid groups (broad SMARTS) is 1. The molecule has 1 saturated heterocycles. The highest BCUT2D eigenvalue weighted by molar-refractivity contribution is 7.80. The van der Waals surface area contributed by atoms with Crippen molar-refractivity contribution in [3.8, 4) is 11.5 Å². The van der Waals surface area contributed by atoms with Gasteiger partial charge in [0.1, 0.15) is 12.3 Å². The number of amides is 1. The van der Waals surface area contributed by atoms with Crippen molar-refractivity contribution in [3.63, 3.8) is 0 Å². The Morgan fingerprint density at radius 2 is 1.93 bits per heavy atom. The monoisotopic (exact) mass is 426 g/mol. The number of ether oxygens (including phenoxy) is 2. The third-order valence-corrected chi connectivity index (χ3v) is 4.83. The van der Waals surface area contributed by atoms with E-state index in [-0.39, 0.29) is 18.1 Å². The molecule has 0 saturated carbocycles. The minimum Gasteiger partial charge on any atom is -0.493 e. The van der Waals surface area contributed by atoms with Gasteiger partial charge in [0.05, 0.1) is 12.7 Å². The average molecular weight is 426 g/mol. The molecule has 0 spiro atoms. The number of nitrogens with zero attached hydrogens (tertiary/aromatic N) is 1. The molecule has 1 aliphatic rings. The van der Waals surface area contributed by atoms with Crippen LogP contribution in [0.1, 0.15) is 34.8 Å². The number of methoxy groups -OCH3 is 1. The lowest BCUT2D eigenvalue weighted by Crippen LogP contribution is -2.31. The summed E-state index contributed by atoms with van der Waals surface area (Å²) < 4.78 is 11.2. The van der Waals surface area contributed by atoms with E-state index in [1.165, 1.54) is 19.2 Å². The summed E-state index contributed by atoms with van der Waals surface area (Å²) in [5.41, 5.74) is 2.24. The van der Waals surface area contributed by atoms with E-state index in [9.17, 15) is 9.59 Å². The maximum atomic E-state index is 12.5. The van der Waals surface area contributed by atoms with Crippen LogP contribution in [0.15, 0.2) is 48.2 Å². The Morgan fingerprint density at radius 1 is 1.20 bits per heavy atom. The number of thiocarbonyl (C=S) groups is 1. The summed E-state index contributed by atoms with van der Waals surface area (Å²) in [4.78, 5) is 25.0. The Kier molecular flexibility index (Phi) is 6.68. The van der Waals surface area contributed by atoms with E-state index in [0.29, 0.717) is 28.9 Å². The molecular formula is C22H22N2O5S. The molecule has 2 N–H and O–H groups in total. The Balaban J connectivity index is 1.73. The van der Waals surface area contributed by atoms with Crippen LogP contribution in [0.5, 0.6) is 11.5 Å². The molecule has 0 atom stereocenters. The van der Waals surface area contributed by atoms with E-state index in [0.717, 1.165) is 17.5 Å². The zero-order chi connectivity index (χ0) is 21.7. The maximum Gasteiger partial charge on any atom is 0.335 e. The van der Waals surface area contributed by atoms with Crippen molar-refractivity contribution in [1.29, 1.82) is 0 Å². The van der Waals surface area contributed by atoms with Gasteiger partial charge in [-0.25, -0.2) is 4.79 Å². The van der Waals surface area contributed by atoms with Crippen LogP contribution in [-0.2, 0) is 11.4 Å². The predicted octanol–water partition coefficient (Wildman–Crippen LogP) is 3.44. The number of benzene rings is 2. The van der Waals surface area contributed by atoms with Gasteiger partial charge in [0.15, 0.2) is 16.6 Å². The molecule has 0 bridgehead atoms. The van der Waals surface area contributed by atoms with Gasteiger partial charge in [-0.1, -0.05) is 25.1 Å². The van der Waals surface area contributed by atoms with Gasteiger partial charge in [-0.2, -0.15) is 0 Å². The van der Waals surface area contributed by atoms with Gasteiger partial charge >= 0.3 is 5.97 Å². The van der Waals surface area contributed by atoms with E-state index < -0.39 is 5.97 Å². The molecule has 2 aromatic rings. The number of carbonyl (C=O) groups is 2. The van der Waals surface area contributed by atoms with Gasteiger partial charge in [0, 0.05) is 6.54 Å². The smallest absolute Gasteiger partial charge is 0.335 e. The molecule has 7 nitrogen and oxygen atoms in total. The summed E-state index contributed by atoms with van der Waals surface area (Å²) in [6.45, 7) is 2.82. The molecule has 1 amide bonds. The lowest BCUT2D eigenvalue weighted by molar-refractivity contribution is -0.122. The van der Waals surface area contributed by atoms with Crippen LogP contribution in [0.3, 0.4) is 0 Å². The number of nitrogens with one attached hydrogen (secondary N) is 1. The largest absolute Gasteiger partial charge is 0.493 e. The fourth-order valence-electron chi connectivity index (χ4n) is 2.96. The van der Waals surface area contributed by atoms with E-state index in [4.69, 9.17) is 26.8 Å². The molecule has 8 heteroatoms. The molecule has 3 rings (SSSR count). The van der Waals surface area contributed by atoms with Crippen molar-refractivity contribution in [3.05, 3.63) is 64.9 Å². The van der Waals surface area contributed by atoms with Gasteiger partial charge in [0.2, 0.25) is 0 Å². The Bertz CT molecular complexity index is 1000. The number of hydrogen-bond acceptors (Lipinski definition) is 5. The highest BCUT2D eigenvalue weighted by Crippen LogP contribution is 2.30. The second-order valence-corrected chi connectivity index (χ2v) is 7.03. The zero-order valence-corrected chi connectivity index (χ0v) is 17.5. The zero-order valence-electron chi connectivity index (χ0n) is 16.7. The number of hydrogen-bond donors (Lipinski definition) is 2. The van der Waals surface area contributed by atoms with Crippen molar-refractivity contribution in [2.75, 3.05) is 13.7 Å². The molecule has 0 radical (unpaired) electrons. The molecule has 1 aliphatic heterocycles. The Morgan fingerprint density at radius 3 is 2.57 bits per heavy atom. The van der Waals surface area contributed by atoms with E-state index >= 15 is 0 Å². The summed E-state index contributed by atoms with van der Waals surface area (Å²) in [5.74, 6) is -0.0608. The second-order valence-electron chi connectivity index (χ2n) is 6.65. The molecule has 1 heterocycles. The predicted molar refractivity (Wildman–Crippen MR) is 116 cm³/mol. The summed E-state index contributed by atoms with van der Waals surface area (Å²) in [7, 11) is 1.54. The van der Waals surface area contributed by atoms with Gasteiger partial charge in [0.25, 0.3) is 5.91 Å². The van der Waals surface area contributed by atoms with Crippen LogP contribution in [0.4, 0.5) is 0 Å². The molecule has 156 valence electrons. The molecule has 1 fully saturated rings. The van der Waals surface area contributed by atoms with Crippen molar-refractivity contribution < 1.29 is 24.2 Å². The average Bonchev–Trinajstić information content (AvgIpc) is 3.00. The van der Waals surface area contributed by atoms with Crippen LogP contribution >= 0.6 is 12.2 Å². The molecule has 0 aromatic heterocycles. The Hall–Kier alpha value is -3.39. The van der Waals surface area contributed by atoms with E-state index in [1.54, 1.807) is 35.2 Å². The summed E-state index contributed by atoms with van der Waals surface area (Å²) in [6, 6.07) is 11.8. The van der Waals surface area contributed by atoms with E-state index in [2.05, 4.69) is 5.32 Å². The lowest BCUT2D eigenvalue weighted by atomic mass is 10.1. The highest BCUT2D eigenvalue weighted by atomic mass is 32.1. The fourth-order valence-corrected chi connectivity index (χ4v) is 3.25. The first kappa shape index (κ1) is 21.3. The number of aromatic carboxylic acids is 1. The maximum absolute atomic E-state index is 12.5. The minimum absolute atomic E-state index is 0.147. The summed E-state index contributed by atoms with van der Waals surface area (Å²) in [5, 5.41) is 12.3. The quantitative estimate of drug-likeness (QED) is 0.494. The first-order valence-corrected chi connectivity index (χ1v) is 9.81. The first-order chi connectivity index (χ1) is 14.4. The molecule has 0 unspecified atom stereocenters. The standard InChI is InChI=1S/C22H22N2O5S/c1-3-10-24-20(25)17(23-22(24)30)11-15-6-9-18(19(12-15)28-2)29-13-14-4-7-16(8-5-14)21(26)27/h4-9,11-12H,3,10,13H2,1-2H3,(H,23,30)(H,26,27). The fraction of sp³-hybridized carbons (Fsp3) is 0.227. The van der Waals surface area contributed by atoms with E-state index in [1.807, 2.05) is 13.0 Å². The van der Waals surface area contributed by atoms with Crippen LogP contribution in [0.25, 0.3) is 6.08 Å². The van der Waals surface area contributed by atoms with Crippen LogP contribution in [-0.4, -0.2) is 40.6 Å². The SMILES string of the molecule is CCCN1C(=O)C(=Cc2ccc(OCc3ccc(C(=O)O)cc3)c(OC)c2)NC1=S. The molecule has 2 aromatic carbocycles. The number of carbonyl (C=O) groups excluding carboxylic acids is 1. The highest BCUT2D eigenvalue weighted by Gasteiger charge is 2.29. The lowest BCUT2D eigenvalue weighted by Gasteiger charge is -2.12. The molecule has 30 heavy (non-hydrogen) atoms. The van der Waals surface area contributed by atoms with Crippen molar-refractivity contribution >= 4 is 35.3 Å². The van der Waals surface area contributed by atoms with Crippen molar-refractivity contribution in [2.45, 2.75) is 20.0 Å². The van der Waals surface area contributed by atoms with Crippen LogP contribution < -0.4 is 14.8 Å². The number of carboxylic acids is 1. The Labute approximate surface area is 179 Å². The van der Waals surface area contributed by atoms with Gasteiger partial charge in [-0.3, -0.25) is 9.69 Å². The third kappa shape index (κ3) is 4.77. The second kappa shape index (κ2) is 9.41. The normalized spacial score (nSPS) is 14.7. The third-order valence-electron chi connectivity index (χ3n) is 4.50. The number of rotatable bonds is 8. The van der Waals surface area contributed by atoms with Gasteiger partial charge < -0.3 is 19.9 Å². The van der Waals surface area contributed by atoms with Gasteiger partial charge in [-0.15, -0.1) is 0 Å². The topological polar surface area (TPSA) is 88.1 Å². The van der Waals surface area contributed by atoms with Crippen molar-refractivity contribution in [2.24, 2.45) is 0 Å². The first-order valence-electron chi connectivity index (χ1n) is 9.40. The minimum atomic E-state index is -0.970. The molecule has 0 aliphatic carbocycles. The van der Waals surface area contributed by atoms with Crippen molar-refractivity contribution in [1.82, 2.24) is 10.2 Å². The van der Waals surface area contributed by atoms with Crippen LogP contribution in [0, 0.1) is 0 Å². The summed E-state index contributed by atoms with van der Waals surface area (Å²) >= 11 is 5.22. The molecular weight excluding hydrogens is 404 g/mol.